The third-order valence-corrected chi connectivity index (χ3v) is 7.93. The molecule has 1 aliphatic heterocycles. The van der Waals surface area contributed by atoms with E-state index in [9.17, 15) is 27.6 Å². The number of likely N-dealkylation sites (tertiary alicyclic amines) is 1. The zero-order chi connectivity index (χ0) is 31.2. The smallest absolute Gasteiger partial charge is 0.416 e. The topological polar surface area (TPSA) is 82.2 Å². The van der Waals surface area contributed by atoms with E-state index in [4.69, 9.17) is 4.74 Å². The monoisotopic (exact) mass is 590 g/mol. The van der Waals surface area contributed by atoms with Crippen LogP contribution in [-0.4, -0.2) is 73.0 Å². The summed E-state index contributed by atoms with van der Waals surface area (Å²) in [4.78, 5) is 44.3. The Bertz CT molecular complexity index is 1230. The summed E-state index contributed by atoms with van der Waals surface area (Å²) in [6, 6.07) is 9.98. The Kier molecular flexibility index (Phi) is 10.6. The molecule has 2 atom stereocenters. The van der Waals surface area contributed by atoms with Crippen molar-refractivity contribution in [2.45, 2.75) is 64.9 Å². The number of nitrogens with one attached hydrogen (secondary N) is 1. The van der Waals surface area contributed by atoms with Crippen molar-refractivity contribution in [2.75, 3.05) is 34.2 Å². The predicted molar refractivity (Wildman–Crippen MR) is 154 cm³/mol. The number of carbonyl (C=O) groups excluding carboxylic acids is 3. The van der Waals surface area contributed by atoms with Crippen LogP contribution in [0.3, 0.4) is 0 Å². The van der Waals surface area contributed by atoms with E-state index in [1.807, 2.05) is 39.8 Å². The summed E-state index contributed by atoms with van der Waals surface area (Å²) in [6.45, 7) is 6.92. The van der Waals surface area contributed by atoms with Gasteiger partial charge in [0.1, 0.15) is 11.2 Å². The van der Waals surface area contributed by atoms with Crippen LogP contribution in [0.4, 0.5) is 18.0 Å². The lowest BCUT2D eigenvalue weighted by molar-refractivity contribution is -0.191. The Hall–Kier alpha value is -3.60. The summed E-state index contributed by atoms with van der Waals surface area (Å²) in [7, 11) is 5.61. The van der Waals surface area contributed by atoms with E-state index in [1.165, 1.54) is 12.1 Å². The van der Waals surface area contributed by atoms with E-state index in [0.29, 0.717) is 49.1 Å². The second-order valence-corrected chi connectivity index (χ2v) is 11.0. The van der Waals surface area contributed by atoms with Gasteiger partial charge in [-0.3, -0.25) is 9.59 Å². The molecule has 230 valence electrons. The van der Waals surface area contributed by atoms with E-state index < -0.39 is 35.5 Å². The lowest BCUT2D eigenvalue weighted by Crippen LogP contribution is -2.73. The first kappa shape index (κ1) is 32.9. The lowest BCUT2D eigenvalue weighted by Gasteiger charge is -2.53. The molecule has 2 aromatic carbocycles. The number of ether oxygens (including phenoxy) is 1. The summed E-state index contributed by atoms with van der Waals surface area (Å²) >= 11 is 0. The lowest BCUT2D eigenvalue weighted by atomic mass is 9.72. The van der Waals surface area contributed by atoms with Gasteiger partial charge in [-0.15, -0.1) is 0 Å². The van der Waals surface area contributed by atoms with Gasteiger partial charge in [0.2, 0.25) is 5.91 Å². The summed E-state index contributed by atoms with van der Waals surface area (Å²) < 4.78 is 45.4. The number of imide groups is 1. The van der Waals surface area contributed by atoms with Crippen LogP contribution in [0.2, 0.25) is 0 Å². The van der Waals surface area contributed by atoms with Gasteiger partial charge in [0, 0.05) is 25.7 Å². The number of nitrogens with zero attached hydrogens (tertiary/aromatic N) is 3. The zero-order valence-electron chi connectivity index (χ0n) is 25.1. The number of rotatable bonds is 12. The minimum Gasteiger partial charge on any atom is -0.469 e. The summed E-state index contributed by atoms with van der Waals surface area (Å²) in [5, 5.41) is 2.83. The van der Waals surface area contributed by atoms with Crippen LogP contribution in [0, 0.1) is 5.41 Å². The van der Waals surface area contributed by atoms with E-state index in [0.717, 1.165) is 23.6 Å². The van der Waals surface area contributed by atoms with Gasteiger partial charge in [0.05, 0.1) is 11.6 Å². The second-order valence-electron chi connectivity index (χ2n) is 11.0. The fourth-order valence-corrected chi connectivity index (χ4v) is 5.11. The first-order chi connectivity index (χ1) is 19.8. The molecule has 1 heterocycles. The van der Waals surface area contributed by atoms with Gasteiger partial charge in [-0.25, -0.2) is 9.69 Å². The summed E-state index contributed by atoms with van der Waals surface area (Å²) in [5.74, 6) is -0.103. The molecule has 0 aliphatic carbocycles. The molecule has 1 fully saturated rings. The maximum absolute atomic E-state index is 13.4. The molecule has 0 aromatic heterocycles. The Morgan fingerprint density at radius 2 is 1.57 bits per heavy atom. The number of likely N-dealkylation sites (N-methyl/N-ethyl adjacent to an activating group) is 2. The third-order valence-electron chi connectivity index (χ3n) is 7.93. The van der Waals surface area contributed by atoms with Gasteiger partial charge < -0.3 is 19.9 Å². The number of alkyl halides is 3. The third kappa shape index (κ3) is 7.06. The molecule has 0 bridgehead atoms. The molecule has 8 nitrogen and oxygen atoms in total. The van der Waals surface area contributed by atoms with Crippen LogP contribution in [0.5, 0.6) is 5.75 Å². The molecule has 2 aromatic rings. The molecule has 0 radical (unpaired) electrons. The van der Waals surface area contributed by atoms with Gasteiger partial charge in [0.25, 0.3) is 5.91 Å². The van der Waals surface area contributed by atoms with Crippen molar-refractivity contribution in [3.05, 3.63) is 65.2 Å². The molecule has 1 N–H and O–H groups in total. The normalized spacial score (nSPS) is 17.0. The highest BCUT2D eigenvalue weighted by atomic mass is 19.4. The zero-order valence-corrected chi connectivity index (χ0v) is 25.1. The first-order valence-electron chi connectivity index (χ1n) is 14.3. The SMILES string of the molecule is CCC[C@@H](NC(=O)N1C(=O)C(CC)(CC)[C@@H]1Oc1ccc(C(=O)N(C)CCN(C)C)cc1)c1ccc(C(F)(F)F)cc1. The number of carbonyl (C=O) groups is 3. The highest BCUT2D eigenvalue weighted by Crippen LogP contribution is 2.46. The van der Waals surface area contributed by atoms with E-state index in [-0.39, 0.29) is 11.8 Å². The van der Waals surface area contributed by atoms with E-state index in [1.54, 1.807) is 36.2 Å². The molecule has 42 heavy (non-hydrogen) atoms. The molecule has 0 saturated carbocycles. The average Bonchev–Trinajstić information content (AvgIpc) is 2.96. The number of halogens is 3. The maximum Gasteiger partial charge on any atom is 0.416 e. The standard InChI is InChI=1S/C31H41F3N4O4/c1-7-10-25(21-11-15-23(16-12-21)31(32,33)34)35-29(41)38-27(40)30(8-2,9-3)28(38)42-24-17-13-22(14-18-24)26(39)37(6)20-19-36(4)5/h11-18,25,28H,7-10,19-20H2,1-6H3,(H,35,41)/t25-,28+/m1/s1. The van der Waals surface area contributed by atoms with Crippen LogP contribution in [0.15, 0.2) is 48.5 Å². The molecular formula is C31H41F3N4O4. The van der Waals surface area contributed by atoms with Crippen LogP contribution in [0.25, 0.3) is 0 Å². The van der Waals surface area contributed by atoms with Crippen LogP contribution < -0.4 is 10.1 Å². The van der Waals surface area contributed by atoms with Crippen molar-refractivity contribution in [1.29, 1.82) is 0 Å². The van der Waals surface area contributed by atoms with Crippen LogP contribution in [0.1, 0.15) is 74.0 Å². The highest BCUT2D eigenvalue weighted by molar-refractivity contribution is 6.03. The van der Waals surface area contributed by atoms with Gasteiger partial charge in [-0.1, -0.05) is 39.3 Å². The number of amides is 4. The van der Waals surface area contributed by atoms with Crippen molar-refractivity contribution in [2.24, 2.45) is 5.41 Å². The number of hydrogen-bond acceptors (Lipinski definition) is 5. The summed E-state index contributed by atoms with van der Waals surface area (Å²) in [5.41, 5.74) is -0.689. The van der Waals surface area contributed by atoms with E-state index >= 15 is 0 Å². The Labute approximate surface area is 245 Å². The largest absolute Gasteiger partial charge is 0.469 e. The number of urea groups is 1. The Morgan fingerprint density at radius 1 is 0.976 bits per heavy atom. The highest BCUT2D eigenvalue weighted by Gasteiger charge is 2.63. The molecule has 1 saturated heterocycles. The van der Waals surface area contributed by atoms with Crippen molar-refractivity contribution in [3.8, 4) is 5.75 Å². The Morgan fingerprint density at radius 3 is 2.07 bits per heavy atom. The van der Waals surface area contributed by atoms with Crippen molar-refractivity contribution < 1.29 is 32.3 Å². The van der Waals surface area contributed by atoms with Gasteiger partial charge in [0.15, 0.2) is 6.23 Å². The van der Waals surface area contributed by atoms with Crippen molar-refractivity contribution >= 4 is 17.8 Å². The van der Waals surface area contributed by atoms with Crippen LogP contribution >= 0.6 is 0 Å². The van der Waals surface area contributed by atoms with Gasteiger partial charge in [-0.05, 0) is 75.3 Å². The fourth-order valence-electron chi connectivity index (χ4n) is 5.11. The van der Waals surface area contributed by atoms with E-state index in [2.05, 4.69) is 5.32 Å². The van der Waals surface area contributed by atoms with Crippen molar-refractivity contribution in [3.63, 3.8) is 0 Å². The number of hydrogen-bond donors (Lipinski definition) is 1. The Balaban J connectivity index is 1.78. The molecule has 0 spiro atoms. The van der Waals surface area contributed by atoms with Gasteiger partial charge >= 0.3 is 12.2 Å². The molecule has 1 aliphatic rings. The summed E-state index contributed by atoms with van der Waals surface area (Å²) in [6.07, 6.45) is -3.34. The predicted octanol–water partition coefficient (Wildman–Crippen LogP) is 5.94. The molecule has 4 amide bonds. The molecule has 0 unspecified atom stereocenters. The minimum absolute atomic E-state index is 0.134. The number of benzene rings is 2. The molecule has 3 rings (SSSR count). The quantitative estimate of drug-likeness (QED) is 0.309. The van der Waals surface area contributed by atoms with Crippen LogP contribution in [-0.2, 0) is 11.0 Å². The first-order valence-corrected chi connectivity index (χ1v) is 14.3. The molecule has 11 heteroatoms. The molecular weight excluding hydrogens is 549 g/mol. The minimum atomic E-state index is -4.46. The fraction of sp³-hybridized carbons (Fsp3) is 0.516. The second kappa shape index (κ2) is 13.6. The van der Waals surface area contributed by atoms with Crippen molar-refractivity contribution in [1.82, 2.24) is 20.0 Å². The number of β-lactam (4-membered cyclic amide) rings is 1. The van der Waals surface area contributed by atoms with Gasteiger partial charge in [-0.2, -0.15) is 13.2 Å². The average molecular weight is 591 g/mol. The maximum atomic E-state index is 13.4.